The highest BCUT2D eigenvalue weighted by Gasteiger charge is 2.58. The summed E-state index contributed by atoms with van der Waals surface area (Å²) in [6.45, 7) is 4.37. The third kappa shape index (κ3) is 2.85. The lowest BCUT2D eigenvalue weighted by Gasteiger charge is -2.56. The van der Waals surface area contributed by atoms with Crippen LogP contribution >= 0.6 is 0 Å². The first-order valence-electron chi connectivity index (χ1n) is 10.1. The molecule has 0 spiro atoms. The minimum Gasteiger partial charge on any atom is -0.455 e. The normalized spacial score (nSPS) is 44.0. The third-order valence-electron chi connectivity index (χ3n) is 8.27. The van der Waals surface area contributed by atoms with Crippen LogP contribution in [-0.2, 0) is 14.3 Å². The van der Waals surface area contributed by atoms with E-state index in [-0.39, 0.29) is 10.8 Å². The molecule has 0 amide bonds. The molecule has 0 aromatic carbocycles. The van der Waals surface area contributed by atoms with Crippen LogP contribution in [0.25, 0.3) is 0 Å². The summed E-state index contributed by atoms with van der Waals surface area (Å²) in [6.07, 6.45) is 2.67. The Kier molecular flexibility index (Phi) is 4.28. The lowest BCUT2D eigenvalue weighted by Crippen LogP contribution is -2.50. The Morgan fingerprint density at radius 1 is 1.11 bits per heavy atom. The van der Waals surface area contributed by atoms with Gasteiger partial charge in [-0.1, -0.05) is 25.5 Å². The van der Waals surface area contributed by atoms with Crippen molar-refractivity contribution >= 4 is 11.8 Å². The number of fused-ring (bicyclic) bond motifs is 5. The number of Topliss-reactive ketones (excluding diaryl/α,β-unsaturated/α-hetero) is 1. The molecule has 0 heterocycles. The van der Waals surface area contributed by atoms with Gasteiger partial charge in [0.05, 0.1) is 0 Å². The summed E-state index contributed by atoms with van der Waals surface area (Å²) in [5, 5.41) is 0. The van der Waals surface area contributed by atoms with Crippen LogP contribution in [0, 0.1) is 28.6 Å². The average molecular weight is 384 g/mol. The summed E-state index contributed by atoms with van der Waals surface area (Å²) in [5.74, 6) is -0.282. The van der Waals surface area contributed by atoms with Crippen LogP contribution in [0.3, 0.4) is 0 Å². The predicted octanol–water partition coefficient (Wildman–Crippen LogP) is 4.99. The number of allylic oxidation sites excluding steroid dienone is 1. The fourth-order valence-corrected chi connectivity index (χ4v) is 6.72. The Bertz CT molecular complexity index is 697. The summed E-state index contributed by atoms with van der Waals surface area (Å²) in [4.78, 5) is 23.6. The molecule has 0 saturated heterocycles. The van der Waals surface area contributed by atoms with Crippen molar-refractivity contribution in [1.82, 2.24) is 0 Å². The molecule has 4 aliphatic rings. The summed E-state index contributed by atoms with van der Waals surface area (Å²) >= 11 is 0. The molecule has 3 saturated carbocycles. The van der Waals surface area contributed by atoms with E-state index in [0.717, 1.165) is 37.7 Å². The molecule has 6 heteroatoms. The van der Waals surface area contributed by atoms with Crippen molar-refractivity contribution in [3.63, 3.8) is 0 Å². The van der Waals surface area contributed by atoms with Gasteiger partial charge in [-0.3, -0.25) is 4.79 Å². The number of rotatable bonds is 1. The Labute approximate surface area is 157 Å². The number of hydrogen-bond donors (Lipinski definition) is 0. The summed E-state index contributed by atoms with van der Waals surface area (Å²) in [6, 6.07) is 0. The van der Waals surface area contributed by atoms with Crippen LogP contribution in [0.2, 0.25) is 0 Å². The smallest absolute Gasteiger partial charge is 0.455 e. The molecule has 4 rings (SSSR count). The van der Waals surface area contributed by atoms with Crippen LogP contribution in [0.4, 0.5) is 13.2 Å². The molecular formula is C21H27F3O3. The molecular weight excluding hydrogens is 357 g/mol. The Morgan fingerprint density at radius 3 is 2.48 bits per heavy atom. The largest absolute Gasteiger partial charge is 0.490 e. The lowest BCUT2D eigenvalue weighted by molar-refractivity contribution is -0.206. The van der Waals surface area contributed by atoms with Crippen LogP contribution in [0.15, 0.2) is 11.6 Å². The molecule has 0 aromatic rings. The molecule has 0 N–H and O–H groups in total. The number of carbonyl (C=O) groups excluding carboxylic acids is 2. The monoisotopic (exact) mass is 384 g/mol. The van der Waals surface area contributed by atoms with Gasteiger partial charge in [0.15, 0.2) is 0 Å². The molecule has 150 valence electrons. The number of ether oxygens (including phenoxy) is 1. The van der Waals surface area contributed by atoms with E-state index in [4.69, 9.17) is 4.74 Å². The van der Waals surface area contributed by atoms with Gasteiger partial charge in [0.25, 0.3) is 0 Å². The third-order valence-corrected chi connectivity index (χ3v) is 8.27. The predicted molar refractivity (Wildman–Crippen MR) is 92.6 cm³/mol. The van der Waals surface area contributed by atoms with Gasteiger partial charge in [0.2, 0.25) is 0 Å². The molecule has 0 radical (unpaired) electrons. The average Bonchev–Trinajstić information content (AvgIpc) is 2.89. The highest BCUT2D eigenvalue weighted by atomic mass is 19.4. The quantitative estimate of drug-likeness (QED) is 0.472. The molecule has 6 atom stereocenters. The van der Waals surface area contributed by atoms with Crippen molar-refractivity contribution in [3.05, 3.63) is 11.6 Å². The first-order valence-corrected chi connectivity index (χ1v) is 10.1. The minimum atomic E-state index is -4.93. The van der Waals surface area contributed by atoms with Crippen molar-refractivity contribution in [3.8, 4) is 0 Å². The van der Waals surface area contributed by atoms with E-state index in [1.165, 1.54) is 0 Å². The fourth-order valence-electron chi connectivity index (χ4n) is 6.72. The van der Waals surface area contributed by atoms with E-state index in [2.05, 4.69) is 19.9 Å². The van der Waals surface area contributed by atoms with Crippen LogP contribution in [0.1, 0.15) is 65.2 Å². The second kappa shape index (κ2) is 6.08. The van der Waals surface area contributed by atoms with E-state index < -0.39 is 18.2 Å². The zero-order valence-corrected chi connectivity index (χ0v) is 15.9. The second-order valence-corrected chi connectivity index (χ2v) is 9.45. The molecule has 0 unspecified atom stereocenters. The van der Waals surface area contributed by atoms with Gasteiger partial charge in [-0.15, -0.1) is 0 Å². The van der Waals surface area contributed by atoms with Crippen molar-refractivity contribution in [1.29, 1.82) is 0 Å². The van der Waals surface area contributed by atoms with Crippen molar-refractivity contribution in [2.45, 2.75) is 77.5 Å². The molecule has 0 aliphatic heterocycles. The zero-order chi connectivity index (χ0) is 19.6. The topological polar surface area (TPSA) is 43.4 Å². The van der Waals surface area contributed by atoms with E-state index in [9.17, 15) is 22.8 Å². The standard InChI is InChI=1S/C21H27F3O3/c1-19-9-7-13(27-18(26)21(22,23)24)11-12(19)3-4-14-15-5-6-17(25)20(15,2)10-8-16(14)19/h3,13-16H,4-11H2,1-2H3/t13-,14-,15-,16-,19+,20+/m1/s1. The molecule has 4 aliphatic carbocycles. The fraction of sp³-hybridized carbons (Fsp3) is 0.810. The number of ketones is 1. The first kappa shape index (κ1) is 19.0. The Hall–Kier alpha value is -1.33. The number of halogens is 3. The molecule has 3 nitrogen and oxygen atoms in total. The SMILES string of the molecule is C[C@]12CC[C@@H](OC(=O)C(F)(F)F)CC1=CC[C@H]1[C@H]2CC[C@]2(C)C(=O)CC[C@H]12. The van der Waals surface area contributed by atoms with Gasteiger partial charge in [-0.25, -0.2) is 4.79 Å². The van der Waals surface area contributed by atoms with Crippen molar-refractivity contribution < 1.29 is 27.5 Å². The van der Waals surface area contributed by atoms with E-state index in [1.807, 2.05) is 0 Å². The summed E-state index contributed by atoms with van der Waals surface area (Å²) in [5.41, 5.74) is 0.933. The van der Waals surface area contributed by atoms with Crippen LogP contribution < -0.4 is 0 Å². The zero-order valence-electron chi connectivity index (χ0n) is 15.9. The maximum atomic E-state index is 12.5. The molecule has 27 heavy (non-hydrogen) atoms. The summed E-state index contributed by atoms with van der Waals surface area (Å²) < 4.78 is 42.3. The first-order chi connectivity index (χ1) is 12.6. The van der Waals surface area contributed by atoms with Gasteiger partial charge >= 0.3 is 12.1 Å². The van der Waals surface area contributed by atoms with E-state index in [0.29, 0.717) is 42.8 Å². The summed E-state index contributed by atoms with van der Waals surface area (Å²) in [7, 11) is 0. The molecule has 0 aromatic heterocycles. The maximum absolute atomic E-state index is 12.5. The van der Waals surface area contributed by atoms with Crippen LogP contribution in [-0.4, -0.2) is 24.0 Å². The van der Waals surface area contributed by atoms with Crippen molar-refractivity contribution in [2.24, 2.45) is 28.6 Å². The van der Waals surface area contributed by atoms with Gasteiger partial charge < -0.3 is 4.74 Å². The van der Waals surface area contributed by atoms with Crippen LogP contribution in [0.5, 0.6) is 0 Å². The maximum Gasteiger partial charge on any atom is 0.490 e. The lowest BCUT2D eigenvalue weighted by atomic mass is 9.48. The highest BCUT2D eigenvalue weighted by molar-refractivity contribution is 5.87. The van der Waals surface area contributed by atoms with E-state index >= 15 is 0 Å². The number of carbonyl (C=O) groups is 2. The number of esters is 1. The molecule has 3 fully saturated rings. The van der Waals surface area contributed by atoms with Gasteiger partial charge in [0, 0.05) is 18.3 Å². The Balaban J connectivity index is 1.53. The second-order valence-electron chi connectivity index (χ2n) is 9.45. The van der Waals surface area contributed by atoms with Gasteiger partial charge in [-0.05, 0) is 61.7 Å². The van der Waals surface area contributed by atoms with Crippen molar-refractivity contribution in [2.75, 3.05) is 0 Å². The van der Waals surface area contributed by atoms with Gasteiger partial charge in [-0.2, -0.15) is 13.2 Å². The van der Waals surface area contributed by atoms with E-state index in [1.54, 1.807) is 0 Å². The molecule has 0 bridgehead atoms. The van der Waals surface area contributed by atoms with Gasteiger partial charge in [0.1, 0.15) is 11.9 Å². The number of hydrogen-bond acceptors (Lipinski definition) is 3. The minimum absolute atomic E-state index is 0.0446. The number of alkyl halides is 3. The Morgan fingerprint density at radius 2 is 1.78 bits per heavy atom. The highest BCUT2D eigenvalue weighted by Crippen LogP contribution is 2.64.